The Morgan fingerprint density at radius 1 is 0.595 bits per heavy atom. The molecule has 234 valence electrons. The van der Waals surface area contributed by atoms with Gasteiger partial charge >= 0.3 is 17.9 Å². The number of carboxylic acid groups (broad SMARTS) is 3. The summed E-state index contributed by atoms with van der Waals surface area (Å²) in [6, 6.07) is -8.28. The fourth-order valence-corrected chi connectivity index (χ4v) is 2.97. The lowest BCUT2D eigenvalue weighted by Gasteiger charge is -2.23. The molecule has 0 aromatic rings. The van der Waals surface area contributed by atoms with Crippen LogP contribution in [0.2, 0.25) is 0 Å². The van der Waals surface area contributed by atoms with Gasteiger partial charge in [-0.1, -0.05) is 0 Å². The lowest BCUT2D eigenvalue weighted by molar-refractivity contribution is -0.147. The molecule has 21 nitrogen and oxygen atoms in total. The summed E-state index contributed by atoms with van der Waals surface area (Å²) >= 11 is 0. The Labute approximate surface area is 236 Å². The molecule has 0 saturated heterocycles. The number of aliphatic carboxylic acids is 3. The van der Waals surface area contributed by atoms with Crippen molar-refractivity contribution < 1.29 is 63.3 Å². The van der Waals surface area contributed by atoms with Gasteiger partial charge in [0.05, 0.1) is 38.3 Å². The quantitative estimate of drug-likeness (QED) is 0.0652. The number of nitrogens with two attached hydrogens (primary N) is 3. The molecule has 0 aromatic heterocycles. The maximum Gasteiger partial charge on any atom is 0.326 e. The molecule has 5 unspecified atom stereocenters. The summed E-state index contributed by atoms with van der Waals surface area (Å²) in [5, 5.41) is 36.7. The summed E-state index contributed by atoms with van der Waals surface area (Å²) in [5.74, 6) is -12.4. The normalized spacial score (nSPS) is 14.0. The molecule has 0 aliphatic carbocycles. The van der Waals surface area contributed by atoms with Crippen LogP contribution in [0.4, 0.5) is 0 Å². The molecule has 21 heteroatoms. The predicted molar refractivity (Wildman–Crippen MR) is 134 cm³/mol. The maximum absolute atomic E-state index is 12.6. The molecular weight excluding hydrogens is 572 g/mol. The standard InChI is InChI=1S/C21H32N8O13/c1-7(26-20(40)9(3-13(24)31)29-18(38)8(22)2-12(23)30)17(37)28-10(4-15(33)34)19(39)25-6-14(32)27-11(21(41)42)5-16(35)36/h7-11H,2-6,22H2,1H3,(H2,23,30)(H2,24,31)(H,25,39)(H,26,40)(H,27,32)(H,28,37)(H,29,38)(H,33,34)(H,35,36)(H,41,42). The van der Waals surface area contributed by atoms with Gasteiger partial charge in [-0.05, 0) is 6.92 Å². The number of rotatable bonds is 19. The van der Waals surface area contributed by atoms with E-state index in [4.69, 9.17) is 32.5 Å². The summed E-state index contributed by atoms with van der Waals surface area (Å²) < 4.78 is 0. The Hall–Kier alpha value is -5.34. The van der Waals surface area contributed by atoms with Gasteiger partial charge in [-0.2, -0.15) is 0 Å². The zero-order chi connectivity index (χ0) is 32.7. The van der Waals surface area contributed by atoms with E-state index in [2.05, 4.69) is 10.6 Å². The van der Waals surface area contributed by atoms with Gasteiger partial charge in [-0.15, -0.1) is 0 Å². The van der Waals surface area contributed by atoms with Crippen LogP contribution < -0.4 is 43.8 Å². The minimum Gasteiger partial charge on any atom is -0.481 e. The second-order valence-electron chi connectivity index (χ2n) is 8.67. The number of hydrogen-bond acceptors (Lipinski definition) is 11. The van der Waals surface area contributed by atoms with Gasteiger partial charge in [0.2, 0.25) is 41.4 Å². The highest BCUT2D eigenvalue weighted by Crippen LogP contribution is 2.00. The number of amides is 7. The molecule has 0 aliphatic rings. The molecule has 0 spiro atoms. The van der Waals surface area contributed by atoms with Crippen molar-refractivity contribution in [2.45, 2.75) is 62.8 Å². The van der Waals surface area contributed by atoms with Gasteiger partial charge in [0, 0.05) is 0 Å². The van der Waals surface area contributed by atoms with Gasteiger partial charge in [0.25, 0.3) is 0 Å². The van der Waals surface area contributed by atoms with Crippen LogP contribution in [0.3, 0.4) is 0 Å². The molecule has 7 amide bonds. The molecule has 42 heavy (non-hydrogen) atoms. The molecule has 5 atom stereocenters. The molecule has 0 aromatic carbocycles. The average Bonchev–Trinajstić information content (AvgIpc) is 2.84. The topological polar surface area (TPSA) is 370 Å². The molecule has 0 radical (unpaired) electrons. The molecule has 0 saturated carbocycles. The van der Waals surface area contributed by atoms with Gasteiger partial charge in [-0.25, -0.2) is 4.79 Å². The van der Waals surface area contributed by atoms with E-state index in [-0.39, 0.29) is 0 Å². The minimum atomic E-state index is -1.83. The molecule has 0 aliphatic heterocycles. The first kappa shape index (κ1) is 36.7. The Kier molecular flexibility index (Phi) is 15.2. The highest BCUT2D eigenvalue weighted by molar-refractivity contribution is 5.98. The highest BCUT2D eigenvalue weighted by Gasteiger charge is 2.31. The van der Waals surface area contributed by atoms with E-state index in [0.717, 1.165) is 6.92 Å². The Balaban J connectivity index is 5.35. The molecule has 0 fully saturated rings. The second kappa shape index (κ2) is 17.4. The van der Waals surface area contributed by atoms with E-state index in [9.17, 15) is 47.9 Å². The third-order valence-electron chi connectivity index (χ3n) is 5.00. The summed E-state index contributed by atoms with van der Waals surface area (Å²) in [7, 11) is 0. The third-order valence-corrected chi connectivity index (χ3v) is 5.00. The van der Waals surface area contributed by atoms with Crippen molar-refractivity contribution >= 4 is 59.3 Å². The zero-order valence-corrected chi connectivity index (χ0v) is 22.1. The Bertz CT molecular complexity index is 1110. The number of carbonyl (C=O) groups is 10. The van der Waals surface area contributed by atoms with Crippen molar-refractivity contribution in [1.29, 1.82) is 0 Å². The number of carboxylic acids is 3. The van der Waals surface area contributed by atoms with E-state index in [1.54, 1.807) is 0 Å². The van der Waals surface area contributed by atoms with E-state index in [0.29, 0.717) is 0 Å². The van der Waals surface area contributed by atoms with Crippen LogP contribution in [-0.2, 0) is 47.9 Å². The smallest absolute Gasteiger partial charge is 0.326 e. The number of hydrogen-bond donors (Lipinski definition) is 11. The van der Waals surface area contributed by atoms with Crippen LogP contribution in [0.15, 0.2) is 0 Å². The first-order valence-corrected chi connectivity index (χ1v) is 11.8. The number of nitrogens with one attached hydrogen (secondary N) is 5. The van der Waals surface area contributed by atoms with Gasteiger partial charge in [-0.3, -0.25) is 43.2 Å². The van der Waals surface area contributed by atoms with Crippen molar-refractivity contribution in [2.75, 3.05) is 6.54 Å². The van der Waals surface area contributed by atoms with E-state index in [1.807, 2.05) is 16.0 Å². The largest absolute Gasteiger partial charge is 0.481 e. The summed E-state index contributed by atoms with van der Waals surface area (Å²) in [6.45, 7) is 0.166. The predicted octanol–water partition coefficient (Wildman–Crippen LogP) is -6.83. The number of carbonyl (C=O) groups excluding carboxylic acids is 7. The summed E-state index contributed by atoms with van der Waals surface area (Å²) in [4.78, 5) is 117. The molecule has 0 bridgehead atoms. The first-order valence-electron chi connectivity index (χ1n) is 11.8. The minimum absolute atomic E-state index is 0.591. The summed E-state index contributed by atoms with van der Waals surface area (Å²) in [5.41, 5.74) is 15.5. The van der Waals surface area contributed by atoms with Gasteiger partial charge in [0.1, 0.15) is 24.2 Å². The highest BCUT2D eigenvalue weighted by atomic mass is 16.4. The SMILES string of the molecule is CC(NC(=O)C(CC(N)=O)NC(=O)C(N)CC(N)=O)C(=O)NC(CC(=O)O)C(=O)NCC(=O)NC(CC(=O)O)C(=O)O. The average molecular weight is 605 g/mol. The fourth-order valence-electron chi connectivity index (χ4n) is 2.97. The summed E-state index contributed by atoms with van der Waals surface area (Å²) in [6.07, 6.45) is -3.32. The Morgan fingerprint density at radius 2 is 1.07 bits per heavy atom. The molecule has 14 N–H and O–H groups in total. The molecule has 0 heterocycles. The maximum atomic E-state index is 12.6. The van der Waals surface area contributed by atoms with Crippen LogP contribution in [-0.4, -0.2) is 111 Å². The van der Waals surface area contributed by atoms with Gasteiger partial charge in [0.15, 0.2) is 0 Å². The van der Waals surface area contributed by atoms with E-state index in [1.165, 1.54) is 0 Å². The molecular formula is C21H32N8O13. The van der Waals surface area contributed by atoms with E-state index >= 15 is 0 Å². The van der Waals surface area contributed by atoms with E-state index < -0.39 is 122 Å². The molecule has 0 rings (SSSR count). The third kappa shape index (κ3) is 14.7. The lowest BCUT2D eigenvalue weighted by Crippen LogP contribution is -2.58. The zero-order valence-electron chi connectivity index (χ0n) is 22.1. The van der Waals surface area contributed by atoms with Crippen molar-refractivity contribution in [3.63, 3.8) is 0 Å². The van der Waals surface area contributed by atoms with Crippen molar-refractivity contribution in [3.05, 3.63) is 0 Å². The van der Waals surface area contributed by atoms with Crippen molar-refractivity contribution in [1.82, 2.24) is 26.6 Å². The fraction of sp³-hybridized carbons (Fsp3) is 0.524. The van der Waals surface area contributed by atoms with Crippen LogP contribution in [0.25, 0.3) is 0 Å². The lowest BCUT2D eigenvalue weighted by atomic mass is 10.1. The monoisotopic (exact) mass is 604 g/mol. The van der Waals surface area contributed by atoms with Gasteiger partial charge < -0.3 is 59.1 Å². The second-order valence-corrected chi connectivity index (χ2v) is 8.67. The van der Waals surface area contributed by atoms with Crippen LogP contribution >= 0.6 is 0 Å². The first-order chi connectivity index (χ1) is 19.3. The Morgan fingerprint density at radius 3 is 1.55 bits per heavy atom. The number of primary amides is 2. The van der Waals surface area contributed by atoms with Crippen LogP contribution in [0.5, 0.6) is 0 Å². The van der Waals surface area contributed by atoms with Crippen LogP contribution in [0.1, 0.15) is 32.6 Å². The van der Waals surface area contributed by atoms with Crippen molar-refractivity contribution in [2.24, 2.45) is 17.2 Å². The van der Waals surface area contributed by atoms with Crippen LogP contribution in [0, 0.1) is 0 Å². The van der Waals surface area contributed by atoms with Crippen molar-refractivity contribution in [3.8, 4) is 0 Å².